The lowest BCUT2D eigenvalue weighted by atomic mass is 10.00. The first-order valence-electron chi connectivity index (χ1n) is 7.52. The van der Waals surface area contributed by atoms with E-state index in [1.165, 1.54) is 0 Å². The second kappa shape index (κ2) is 9.03. The molecule has 1 aromatic carbocycles. The number of carbonyl (C=O) groups excluding carboxylic acids is 1. The van der Waals surface area contributed by atoms with Crippen LogP contribution in [0.25, 0.3) is 0 Å². The van der Waals surface area contributed by atoms with E-state index in [1.807, 2.05) is 0 Å². The number of hydrogen-bond acceptors (Lipinski definition) is 3. The number of anilines is 1. The molecule has 1 amide bonds. The van der Waals surface area contributed by atoms with Gasteiger partial charge in [0, 0.05) is 24.2 Å². The van der Waals surface area contributed by atoms with Crippen molar-refractivity contribution in [3.63, 3.8) is 0 Å². The number of nitrogens with two attached hydrogens (primary N) is 1. The van der Waals surface area contributed by atoms with Crippen LogP contribution in [0.2, 0.25) is 0 Å². The van der Waals surface area contributed by atoms with E-state index in [4.69, 9.17) is 10.5 Å². The Bertz CT molecular complexity index is 529. The van der Waals surface area contributed by atoms with E-state index in [9.17, 15) is 13.6 Å². The molecule has 0 unspecified atom stereocenters. The summed E-state index contributed by atoms with van der Waals surface area (Å²) in [5.41, 5.74) is 7.26. The summed E-state index contributed by atoms with van der Waals surface area (Å²) in [6.07, 6.45) is 0.873. The second-order valence-corrected chi connectivity index (χ2v) is 5.79. The van der Waals surface area contributed by atoms with Crippen LogP contribution in [-0.4, -0.2) is 25.0 Å². The molecule has 130 valence electrons. The van der Waals surface area contributed by atoms with Crippen LogP contribution in [0.3, 0.4) is 0 Å². The van der Waals surface area contributed by atoms with Gasteiger partial charge in [0.05, 0.1) is 0 Å². The van der Waals surface area contributed by atoms with Crippen LogP contribution < -0.4 is 15.8 Å². The van der Waals surface area contributed by atoms with Gasteiger partial charge in [-0.1, -0.05) is 12.5 Å². The van der Waals surface area contributed by atoms with E-state index < -0.39 is 13.0 Å². The van der Waals surface area contributed by atoms with Gasteiger partial charge < -0.3 is 15.8 Å². The molecule has 7 heteroatoms. The monoisotopic (exact) mass is 348 g/mol. The van der Waals surface area contributed by atoms with Gasteiger partial charge in [0.1, 0.15) is 12.4 Å². The predicted molar refractivity (Wildman–Crippen MR) is 88.5 cm³/mol. The van der Waals surface area contributed by atoms with Crippen LogP contribution in [0.1, 0.15) is 31.2 Å². The summed E-state index contributed by atoms with van der Waals surface area (Å²) >= 11 is 0. The highest BCUT2D eigenvalue weighted by atomic mass is 35.5. The van der Waals surface area contributed by atoms with E-state index in [1.54, 1.807) is 25.1 Å². The normalized spacial score (nSPS) is 20.2. The Balaban J connectivity index is 0.00000264. The molecule has 0 spiro atoms. The maximum absolute atomic E-state index is 12.2. The van der Waals surface area contributed by atoms with E-state index in [2.05, 4.69) is 5.32 Å². The number of carbonyl (C=O) groups is 1. The second-order valence-electron chi connectivity index (χ2n) is 5.79. The minimum atomic E-state index is -2.53. The van der Waals surface area contributed by atoms with Gasteiger partial charge in [-0.2, -0.15) is 0 Å². The van der Waals surface area contributed by atoms with Gasteiger partial charge in [0.2, 0.25) is 5.91 Å². The third-order valence-electron chi connectivity index (χ3n) is 4.00. The molecule has 1 aliphatic carbocycles. The number of nitrogens with one attached hydrogen (secondary N) is 1. The fourth-order valence-electron chi connectivity index (χ4n) is 2.76. The van der Waals surface area contributed by atoms with Gasteiger partial charge in [-0.3, -0.25) is 4.79 Å². The number of alkyl halides is 2. The van der Waals surface area contributed by atoms with Crippen molar-refractivity contribution in [3.8, 4) is 5.75 Å². The molecule has 0 radical (unpaired) electrons. The molecule has 1 aromatic rings. The Kier molecular flexibility index (Phi) is 7.72. The Morgan fingerprint density at radius 1 is 1.43 bits per heavy atom. The fraction of sp³-hybridized carbons (Fsp3) is 0.562. The van der Waals surface area contributed by atoms with Crippen LogP contribution in [0, 0.1) is 12.8 Å². The molecule has 1 fully saturated rings. The molecular weight excluding hydrogens is 326 g/mol. The molecule has 23 heavy (non-hydrogen) atoms. The maximum Gasteiger partial charge on any atom is 0.272 e. The number of benzene rings is 1. The summed E-state index contributed by atoms with van der Waals surface area (Å²) in [6, 6.07) is 5.13. The first-order chi connectivity index (χ1) is 10.5. The Morgan fingerprint density at radius 2 is 2.17 bits per heavy atom. The van der Waals surface area contributed by atoms with E-state index in [0.717, 1.165) is 24.8 Å². The van der Waals surface area contributed by atoms with Crippen LogP contribution >= 0.6 is 12.4 Å². The largest absolute Gasteiger partial charge is 0.487 e. The van der Waals surface area contributed by atoms with E-state index in [0.29, 0.717) is 17.9 Å². The minimum Gasteiger partial charge on any atom is -0.487 e. The molecule has 1 aliphatic rings. The first kappa shape index (κ1) is 19.6. The summed E-state index contributed by atoms with van der Waals surface area (Å²) in [5.74, 6) is 0.474. The zero-order valence-electron chi connectivity index (χ0n) is 13.1. The molecule has 3 N–H and O–H groups in total. The lowest BCUT2D eigenvalue weighted by Crippen LogP contribution is -2.28. The number of ether oxygens (including phenoxy) is 1. The van der Waals surface area contributed by atoms with Crippen molar-refractivity contribution in [3.05, 3.63) is 23.8 Å². The first-order valence-corrected chi connectivity index (χ1v) is 7.52. The summed E-state index contributed by atoms with van der Waals surface area (Å²) in [5, 5.41) is 2.78. The number of halogens is 3. The number of amides is 1. The van der Waals surface area contributed by atoms with Crippen molar-refractivity contribution in [2.24, 2.45) is 11.7 Å². The molecule has 0 aliphatic heterocycles. The topological polar surface area (TPSA) is 64.4 Å². The Labute approximate surface area is 141 Å². The van der Waals surface area contributed by atoms with Crippen molar-refractivity contribution in [2.75, 3.05) is 11.9 Å². The third kappa shape index (κ3) is 5.95. The fourth-order valence-corrected chi connectivity index (χ4v) is 2.76. The smallest absolute Gasteiger partial charge is 0.272 e. The van der Waals surface area contributed by atoms with Crippen molar-refractivity contribution in [1.82, 2.24) is 0 Å². The van der Waals surface area contributed by atoms with Crippen LogP contribution in [0.5, 0.6) is 5.75 Å². The van der Waals surface area contributed by atoms with E-state index >= 15 is 0 Å². The van der Waals surface area contributed by atoms with Gasteiger partial charge in [0.15, 0.2) is 0 Å². The van der Waals surface area contributed by atoms with Gasteiger partial charge in [-0.15, -0.1) is 12.4 Å². The van der Waals surface area contributed by atoms with Crippen LogP contribution in [-0.2, 0) is 4.79 Å². The number of aryl methyl sites for hydroxylation is 1. The zero-order chi connectivity index (χ0) is 16.1. The van der Waals surface area contributed by atoms with Gasteiger partial charge in [0.25, 0.3) is 6.43 Å². The Hall–Kier alpha value is -1.40. The zero-order valence-corrected chi connectivity index (χ0v) is 13.9. The molecule has 4 nitrogen and oxygen atoms in total. The minimum absolute atomic E-state index is 0. The maximum atomic E-state index is 12.2. The van der Waals surface area contributed by atoms with Crippen LogP contribution in [0.4, 0.5) is 14.5 Å². The van der Waals surface area contributed by atoms with Gasteiger partial charge in [-0.25, -0.2) is 8.78 Å². The lowest BCUT2D eigenvalue weighted by molar-refractivity contribution is -0.117. The standard InChI is InChI=1S/C16H22F2N2O2.ClH/c1-10-5-6-12(8-14(10)22-9-15(17)18)20-16(21)7-11-3-2-4-13(11)19;/h5-6,8,11,13,15H,2-4,7,9,19H2,1H3,(H,20,21);1H/t11-,13+;/m0./s1. The van der Waals surface area contributed by atoms with Crippen LogP contribution in [0.15, 0.2) is 18.2 Å². The van der Waals surface area contributed by atoms with E-state index in [-0.39, 0.29) is 30.3 Å². The highest BCUT2D eigenvalue weighted by Gasteiger charge is 2.26. The van der Waals surface area contributed by atoms with Crippen molar-refractivity contribution < 1.29 is 18.3 Å². The molecule has 1 saturated carbocycles. The summed E-state index contributed by atoms with van der Waals surface area (Å²) in [4.78, 5) is 12.0. The van der Waals surface area contributed by atoms with Gasteiger partial charge >= 0.3 is 0 Å². The molecule has 0 heterocycles. The molecule has 0 aromatic heterocycles. The third-order valence-corrected chi connectivity index (χ3v) is 4.00. The highest BCUT2D eigenvalue weighted by molar-refractivity contribution is 5.91. The molecule has 0 bridgehead atoms. The average Bonchev–Trinajstić information content (AvgIpc) is 2.84. The van der Waals surface area contributed by atoms with Crippen molar-refractivity contribution in [2.45, 2.75) is 45.1 Å². The predicted octanol–water partition coefficient (Wildman–Crippen LogP) is 3.52. The molecule has 0 saturated heterocycles. The Morgan fingerprint density at radius 3 is 2.78 bits per heavy atom. The molecule has 2 atom stereocenters. The SMILES string of the molecule is Cc1ccc(NC(=O)C[C@@H]2CCC[C@H]2N)cc1OCC(F)F.Cl. The average molecular weight is 349 g/mol. The summed E-state index contributed by atoms with van der Waals surface area (Å²) < 4.78 is 29.5. The quantitative estimate of drug-likeness (QED) is 0.826. The highest BCUT2D eigenvalue weighted by Crippen LogP contribution is 2.28. The molecule has 2 rings (SSSR count). The van der Waals surface area contributed by atoms with Crippen molar-refractivity contribution >= 4 is 24.0 Å². The number of hydrogen-bond donors (Lipinski definition) is 2. The number of rotatable bonds is 6. The van der Waals surface area contributed by atoms with Gasteiger partial charge in [-0.05, 0) is 37.3 Å². The summed E-state index contributed by atoms with van der Waals surface area (Å²) in [6.45, 7) is 1.11. The van der Waals surface area contributed by atoms with Crippen molar-refractivity contribution in [1.29, 1.82) is 0 Å². The summed E-state index contributed by atoms with van der Waals surface area (Å²) in [7, 11) is 0. The lowest BCUT2D eigenvalue weighted by Gasteiger charge is -2.15. The molecular formula is C16H23ClF2N2O2.